The standard InChI is InChI=1S/C27H36N6O3/c1-30(2)15-24(35)33-17-27(7-9-32(10-8-27)14-19-12-28-18-29-13-19)25-21-6-5-20(36-4)11-22(21)31(3)26(25)23(33)16-34/h5-6,11-13,18,23,34H,7-10,14-17H2,1-4H3/t23-/m1/s1. The predicted octanol–water partition coefficient (Wildman–Crippen LogP) is 1.95. The maximum Gasteiger partial charge on any atom is 0.237 e. The molecule has 9 nitrogen and oxygen atoms in total. The number of carbonyl (C=O) groups excluding carboxylic acids is 1. The molecule has 1 atom stereocenters. The fourth-order valence-corrected chi connectivity index (χ4v) is 6.20. The number of fused-ring (bicyclic) bond motifs is 4. The van der Waals surface area contributed by atoms with Crippen LogP contribution in [-0.2, 0) is 23.8 Å². The molecule has 36 heavy (non-hydrogen) atoms. The van der Waals surface area contributed by atoms with E-state index in [9.17, 15) is 9.90 Å². The molecule has 1 saturated heterocycles. The van der Waals surface area contributed by atoms with Crippen LogP contribution in [0.5, 0.6) is 5.75 Å². The second-order valence-electron chi connectivity index (χ2n) is 10.5. The Kier molecular flexibility index (Phi) is 6.72. The minimum atomic E-state index is -0.374. The molecule has 4 heterocycles. The van der Waals surface area contributed by atoms with Crippen LogP contribution in [0.2, 0.25) is 0 Å². The van der Waals surface area contributed by atoms with Gasteiger partial charge in [-0.15, -0.1) is 0 Å². The van der Waals surface area contributed by atoms with Gasteiger partial charge in [-0.3, -0.25) is 9.69 Å². The number of benzene rings is 1. The molecule has 0 unspecified atom stereocenters. The number of piperidine rings is 1. The summed E-state index contributed by atoms with van der Waals surface area (Å²) in [7, 11) is 7.54. The molecule has 1 N–H and O–H groups in total. The smallest absolute Gasteiger partial charge is 0.237 e. The van der Waals surface area contributed by atoms with Gasteiger partial charge in [0.2, 0.25) is 5.91 Å². The van der Waals surface area contributed by atoms with Crippen LogP contribution in [0.4, 0.5) is 0 Å². The van der Waals surface area contributed by atoms with Gasteiger partial charge < -0.3 is 24.2 Å². The van der Waals surface area contributed by atoms with E-state index in [0.717, 1.165) is 55.0 Å². The van der Waals surface area contributed by atoms with Crippen LogP contribution in [0, 0.1) is 0 Å². The quantitative estimate of drug-likeness (QED) is 0.563. The van der Waals surface area contributed by atoms with Crippen LogP contribution >= 0.6 is 0 Å². The average Bonchev–Trinajstić information content (AvgIpc) is 3.18. The number of carbonyl (C=O) groups is 1. The first kappa shape index (κ1) is 24.7. The number of methoxy groups -OCH3 is 1. The molecule has 192 valence electrons. The van der Waals surface area contributed by atoms with Gasteiger partial charge in [0, 0.05) is 60.7 Å². The molecule has 0 radical (unpaired) electrons. The van der Waals surface area contributed by atoms with Gasteiger partial charge >= 0.3 is 0 Å². The maximum atomic E-state index is 13.5. The van der Waals surface area contributed by atoms with Gasteiger partial charge in [-0.25, -0.2) is 9.97 Å². The molecular formula is C27H36N6O3. The number of aliphatic hydroxyl groups excluding tert-OH is 1. The number of hydrogen-bond donors (Lipinski definition) is 1. The third-order valence-corrected chi connectivity index (χ3v) is 7.93. The van der Waals surface area contributed by atoms with E-state index in [1.165, 1.54) is 10.9 Å². The highest BCUT2D eigenvalue weighted by atomic mass is 16.5. The van der Waals surface area contributed by atoms with Crippen LogP contribution in [-0.4, -0.2) is 94.2 Å². The lowest BCUT2D eigenvalue weighted by molar-refractivity contribution is -0.138. The third-order valence-electron chi connectivity index (χ3n) is 7.93. The summed E-state index contributed by atoms with van der Waals surface area (Å²) in [5.41, 5.74) is 4.34. The van der Waals surface area contributed by atoms with Crippen molar-refractivity contribution in [2.24, 2.45) is 7.05 Å². The van der Waals surface area contributed by atoms with Crippen LogP contribution in [0.15, 0.2) is 36.9 Å². The summed E-state index contributed by atoms with van der Waals surface area (Å²) in [5.74, 6) is 0.853. The van der Waals surface area contributed by atoms with E-state index in [0.29, 0.717) is 13.1 Å². The zero-order valence-electron chi connectivity index (χ0n) is 21.6. The van der Waals surface area contributed by atoms with Crippen molar-refractivity contribution in [3.8, 4) is 5.75 Å². The van der Waals surface area contributed by atoms with Crippen molar-refractivity contribution in [2.75, 3.05) is 54.0 Å². The van der Waals surface area contributed by atoms with Gasteiger partial charge in [0.25, 0.3) is 0 Å². The number of aryl methyl sites for hydroxylation is 1. The van der Waals surface area contributed by atoms with E-state index in [1.807, 2.05) is 49.4 Å². The Balaban J connectivity index is 1.57. The molecule has 0 aliphatic carbocycles. The van der Waals surface area contributed by atoms with Crippen molar-refractivity contribution in [1.82, 2.24) is 29.2 Å². The minimum Gasteiger partial charge on any atom is -0.497 e. The van der Waals surface area contributed by atoms with Crippen molar-refractivity contribution in [3.05, 3.63) is 53.7 Å². The van der Waals surface area contributed by atoms with E-state index in [2.05, 4.69) is 31.6 Å². The van der Waals surface area contributed by atoms with E-state index in [-0.39, 0.29) is 24.0 Å². The van der Waals surface area contributed by atoms with Gasteiger partial charge in [0.1, 0.15) is 12.1 Å². The summed E-state index contributed by atoms with van der Waals surface area (Å²) in [4.78, 5) is 28.1. The minimum absolute atomic E-state index is 0.0516. The van der Waals surface area contributed by atoms with Crippen molar-refractivity contribution in [1.29, 1.82) is 0 Å². The van der Waals surface area contributed by atoms with E-state index in [4.69, 9.17) is 4.74 Å². The van der Waals surface area contributed by atoms with Gasteiger partial charge in [-0.1, -0.05) is 0 Å². The average molecular weight is 493 g/mol. The summed E-state index contributed by atoms with van der Waals surface area (Å²) in [6.45, 7) is 3.48. The first-order chi connectivity index (χ1) is 17.4. The summed E-state index contributed by atoms with van der Waals surface area (Å²) in [5, 5.41) is 11.8. The highest BCUT2D eigenvalue weighted by molar-refractivity contribution is 5.90. The fourth-order valence-electron chi connectivity index (χ4n) is 6.20. The molecule has 2 aromatic heterocycles. The molecule has 5 rings (SSSR count). The van der Waals surface area contributed by atoms with Gasteiger partial charge in [0.15, 0.2) is 0 Å². The lowest BCUT2D eigenvalue weighted by atomic mass is 9.68. The molecular weight excluding hydrogens is 456 g/mol. The largest absolute Gasteiger partial charge is 0.497 e. The monoisotopic (exact) mass is 492 g/mol. The molecule has 2 aliphatic heterocycles. The van der Waals surface area contributed by atoms with Gasteiger partial charge in [-0.2, -0.15) is 0 Å². The van der Waals surface area contributed by atoms with Crippen molar-refractivity contribution < 1.29 is 14.6 Å². The number of nitrogens with zero attached hydrogens (tertiary/aromatic N) is 6. The Hall–Kier alpha value is -3.01. The predicted molar refractivity (Wildman–Crippen MR) is 138 cm³/mol. The molecule has 3 aromatic rings. The normalized spacial score (nSPS) is 19.7. The lowest BCUT2D eigenvalue weighted by Crippen LogP contribution is -2.56. The summed E-state index contributed by atoms with van der Waals surface area (Å²) in [6.07, 6.45) is 7.18. The topological polar surface area (TPSA) is 87.0 Å². The Morgan fingerprint density at radius 1 is 1.22 bits per heavy atom. The molecule has 1 fully saturated rings. The maximum absolute atomic E-state index is 13.5. The number of rotatable bonds is 6. The fraction of sp³-hybridized carbons (Fsp3) is 0.519. The number of hydrogen-bond acceptors (Lipinski definition) is 7. The third kappa shape index (κ3) is 4.25. The highest BCUT2D eigenvalue weighted by Crippen LogP contribution is 2.50. The van der Waals surface area contributed by atoms with Crippen molar-refractivity contribution in [3.63, 3.8) is 0 Å². The number of aliphatic hydroxyl groups is 1. The number of amides is 1. The lowest BCUT2D eigenvalue weighted by Gasteiger charge is -2.50. The van der Waals surface area contributed by atoms with Gasteiger partial charge in [-0.05, 0) is 57.7 Å². The van der Waals surface area contributed by atoms with Crippen molar-refractivity contribution >= 4 is 16.8 Å². The van der Waals surface area contributed by atoms with Crippen LogP contribution in [0.3, 0.4) is 0 Å². The molecule has 0 bridgehead atoms. The number of likely N-dealkylation sites (tertiary alicyclic amines) is 1. The summed E-state index contributed by atoms with van der Waals surface area (Å²) in [6, 6.07) is 5.85. The van der Waals surface area contributed by atoms with E-state index < -0.39 is 0 Å². The Labute approximate surface area is 212 Å². The molecule has 1 spiro atoms. The zero-order valence-corrected chi connectivity index (χ0v) is 21.6. The summed E-state index contributed by atoms with van der Waals surface area (Å²) < 4.78 is 7.69. The van der Waals surface area contributed by atoms with Crippen LogP contribution in [0.1, 0.15) is 35.7 Å². The molecule has 9 heteroatoms. The molecule has 2 aliphatic rings. The summed E-state index contributed by atoms with van der Waals surface area (Å²) >= 11 is 0. The number of aromatic nitrogens is 3. The van der Waals surface area contributed by atoms with E-state index >= 15 is 0 Å². The Bertz CT molecular complexity index is 1230. The first-order valence-electron chi connectivity index (χ1n) is 12.5. The second kappa shape index (κ2) is 9.80. The Morgan fingerprint density at radius 3 is 2.58 bits per heavy atom. The molecule has 0 saturated carbocycles. The first-order valence-corrected chi connectivity index (χ1v) is 12.5. The zero-order chi connectivity index (χ0) is 25.4. The molecule has 1 amide bonds. The number of likely N-dealkylation sites (N-methyl/N-ethyl adjacent to an activating group) is 1. The molecule has 1 aromatic carbocycles. The SMILES string of the molecule is COc1ccc2c3c(n(C)c2c1)[C@@H](CO)N(C(=O)CN(C)C)CC31CCN(Cc2cncnc2)CC1. The van der Waals surface area contributed by atoms with E-state index in [1.54, 1.807) is 13.4 Å². The number of ether oxygens (including phenoxy) is 1. The van der Waals surface area contributed by atoms with Crippen LogP contribution < -0.4 is 4.74 Å². The van der Waals surface area contributed by atoms with Crippen LogP contribution in [0.25, 0.3) is 10.9 Å². The second-order valence-corrected chi connectivity index (χ2v) is 10.5. The van der Waals surface area contributed by atoms with Crippen molar-refractivity contribution in [2.45, 2.75) is 30.8 Å². The Morgan fingerprint density at radius 2 is 1.94 bits per heavy atom. The highest BCUT2D eigenvalue weighted by Gasteiger charge is 2.49. The van der Waals surface area contributed by atoms with Gasteiger partial charge in [0.05, 0.1) is 31.8 Å².